The summed E-state index contributed by atoms with van der Waals surface area (Å²) in [6, 6.07) is 7.45. The lowest BCUT2D eigenvalue weighted by molar-refractivity contribution is -0.128. The second-order valence-electron chi connectivity index (χ2n) is 6.91. The molecule has 1 fully saturated rings. The molecule has 0 unspecified atom stereocenters. The first-order chi connectivity index (χ1) is 12.5. The van der Waals surface area contributed by atoms with Gasteiger partial charge in [-0.05, 0) is 25.7 Å². The maximum atomic E-state index is 12.7. The van der Waals surface area contributed by atoms with Gasteiger partial charge < -0.3 is 5.32 Å². The van der Waals surface area contributed by atoms with Crippen LogP contribution in [-0.2, 0) is 9.59 Å². The number of rotatable bonds is 7. The third kappa shape index (κ3) is 4.46. The molecule has 1 aromatic heterocycles. The van der Waals surface area contributed by atoms with Crippen LogP contribution in [0.5, 0.6) is 0 Å². The van der Waals surface area contributed by atoms with Gasteiger partial charge in [-0.3, -0.25) is 14.9 Å². The second-order valence-corrected chi connectivity index (χ2v) is 7.89. The standard InChI is InChI=1S/C19H24N4O2S/c1-4-12(3)15(20-16(24)13-9-10-13)17(25)21-19-23-22-18(26-19)14-7-5-11(2)6-8-14/h5-8,12-13,15H,4,9-10H2,1-3H3,(H,20,24)(H,21,23,25)/t12-,15-/m0/s1. The summed E-state index contributed by atoms with van der Waals surface area (Å²) in [5.41, 5.74) is 2.14. The van der Waals surface area contributed by atoms with Gasteiger partial charge in [-0.1, -0.05) is 61.4 Å². The normalized spacial score (nSPS) is 16.0. The fraction of sp³-hybridized carbons (Fsp3) is 0.474. The number of benzene rings is 1. The Hall–Kier alpha value is -2.28. The van der Waals surface area contributed by atoms with Crippen LogP contribution in [0.4, 0.5) is 5.13 Å². The molecular weight excluding hydrogens is 348 g/mol. The number of aryl methyl sites for hydroxylation is 1. The molecule has 2 aromatic rings. The molecule has 2 N–H and O–H groups in total. The molecule has 1 aliphatic carbocycles. The van der Waals surface area contributed by atoms with Crippen LogP contribution < -0.4 is 10.6 Å². The minimum atomic E-state index is -0.556. The average molecular weight is 372 g/mol. The van der Waals surface area contributed by atoms with Crippen molar-refractivity contribution in [1.29, 1.82) is 0 Å². The Labute approximate surface area is 157 Å². The molecule has 1 saturated carbocycles. The van der Waals surface area contributed by atoms with Crippen molar-refractivity contribution in [2.24, 2.45) is 11.8 Å². The predicted molar refractivity (Wildman–Crippen MR) is 103 cm³/mol. The van der Waals surface area contributed by atoms with Gasteiger partial charge in [-0.2, -0.15) is 0 Å². The zero-order valence-corrected chi connectivity index (χ0v) is 16.1. The predicted octanol–water partition coefficient (Wildman–Crippen LogP) is 3.39. The SMILES string of the molecule is CC[C@H](C)[C@H](NC(=O)C1CC1)C(=O)Nc1nnc(-c2ccc(C)cc2)s1. The molecule has 1 heterocycles. The first-order valence-electron chi connectivity index (χ1n) is 8.99. The molecule has 1 aliphatic rings. The number of carbonyl (C=O) groups is 2. The van der Waals surface area contributed by atoms with Gasteiger partial charge >= 0.3 is 0 Å². The van der Waals surface area contributed by atoms with Crippen LogP contribution in [-0.4, -0.2) is 28.1 Å². The first kappa shape index (κ1) is 18.5. The zero-order valence-electron chi connectivity index (χ0n) is 15.3. The second kappa shape index (κ2) is 7.95. The summed E-state index contributed by atoms with van der Waals surface area (Å²) in [7, 11) is 0. The van der Waals surface area contributed by atoms with Crippen LogP contribution in [0.2, 0.25) is 0 Å². The van der Waals surface area contributed by atoms with Gasteiger partial charge in [0.05, 0.1) is 0 Å². The van der Waals surface area contributed by atoms with E-state index < -0.39 is 6.04 Å². The van der Waals surface area contributed by atoms with Gasteiger partial charge in [0.1, 0.15) is 11.0 Å². The molecule has 0 aliphatic heterocycles. The molecule has 0 spiro atoms. The van der Waals surface area contributed by atoms with Crippen molar-refractivity contribution in [2.75, 3.05) is 5.32 Å². The van der Waals surface area contributed by atoms with Gasteiger partial charge in [0.25, 0.3) is 0 Å². The number of nitrogens with one attached hydrogen (secondary N) is 2. The number of carbonyl (C=O) groups excluding carboxylic acids is 2. The van der Waals surface area contributed by atoms with Gasteiger partial charge in [0, 0.05) is 11.5 Å². The van der Waals surface area contributed by atoms with Crippen molar-refractivity contribution in [2.45, 2.75) is 46.1 Å². The molecule has 0 bridgehead atoms. The molecular formula is C19H24N4O2S. The summed E-state index contributed by atoms with van der Waals surface area (Å²) >= 11 is 1.33. The van der Waals surface area contributed by atoms with E-state index in [1.807, 2.05) is 45.0 Å². The van der Waals surface area contributed by atoms with Crippen molar-refractivity contribution in [3.8, 4) is 10.6 Å². The monoisotopic (exact) mass is 372 g/mol. The maximum Gasteiger partial charge on any atom is 0.249 e. The van der Waals surface area contributed by atoms with Crippen molar-refractivity contribution in [1.82, 2.24) is 15.5 Å². The Kier molecular flexibility index (Phi) is 5.66. The Balaban J connectivity index is 1.68. The summed E-state index contributed by atoms with van der Waals surface area (Å²) in [6.45, 7) is 6.00. The van der Waals surface area contributed by atoms with E-state index in [-0.39, 0.29) is 23.7 Å². The number of nitrogens with zero attached hydrogens (tertiary/aromatic N) is 2. The number of hydrogen-bond donors (Lipinski definition) is 2. The lowest BCUT2D eigenvalue weighted by Crippen LogP contribution is -2.48. The average Bonchev–Trinajstić information content (AvgIpc) is 3.39. The van der Waals surface area contributed by atoms with Crippen molar-refractivity contribution < 1.29 is 9.59 Å². The largest absolute Gasteiger partial charge is 0.344 e. The molecule has 1 aromatic carbocycles. The third-order valence-electron chi connectivity index (χ3n) is 4.70. The highest BCUT2D eigenvalue weighted by Crippen LogP contribution is 2.30. The molecule has 0 radical (unpaired) electrons. The Morgan fingerprint density at radius 1 is 1.23 bits per heavy atom. The van der Waals surface area contributed by atoms with Crippen LogP contribution in [0, 0.1) is 18.8 Å². The lowest BCUT2D eigenvalue weighted by atomic mass is 9.98. The van der Waals surface area contributed by atoms with Crippen LogP contribution in [0.3, 0.4) is 0 Å². The van der Waals surface area contributed by atoms with E-state index in [1.54, 1.807) is 0 Å². The summed E-state index contributed by atoms with van der Waals surface area (Å²) in [5, 5.41) is 15.1. The molecule has 2 amide bonds. The Bertz CT molecular complexity index is 783. The molecule has 0 saturated heterocycles. The fourth-order valence-corrected chi connectivity index (χ4v) is 3.34. The molecule has 138 valence electrons. The van der Waals surface area contributed by atoms with E-state index in [1.165, 1.54) is 16.9 Å². The van der Waals surface area contributed by atoms with E-state index in [0.717, 1.165) is 29.8 Å². The van der Waals surface area contributed by atoms with Crippen molar-refractivity contribution in [3.63, 3.8) is 0 Å². The first-order valence-corrected chi connectivity index (χ1v) is 9.81. The van der Waals surface area contributed by atoms with Crippen LogP contribution in [0.1, 0.15) is 38.7 Å². The number of hydrogen-bond acceptors (Lipinski definition) is 5. The molecule has 26 heavy (non-hydrogen) atoms. The Morgan fingerprint density at radius 3 is 2.54 bits per heavy atom. The Morgan fingerprint density at radius 2 is 1.92 bits per heavy atom. The van der Waals surface area contributed by atoms with E-state index in [2.05, 4.69) is 20.8 Å². The summed E-state index contributed by atoms with van der Waals surface area (Å²) < 4.78 is 0. The maximum absolute atomic E-state index is 12.7. The highest BCUT2D eigenvalue weighted by molar-refractivity contribution is 7.18. The summed E-state index contributed by atoms with van der Waals surface area (Å²) in [4.78, 5) is 24.8. The van der Waals surface area contributed by atoms with Crippen molar-refractivity contribution in [3.05, 3.63) is 29.8 Å². The van der Waals surface area contributed by atoms with Gasteiger partial charge in [0.15, 0.2) is 0 Å². The third-order valence-corrected chi connectivity index (χ3v) is 5.58. The van der Waals surface area contributed by atoms with Crippen LogP contribution in [0.25, 0.3) is 10.6 Å². The number of aromatic nitrogens is 2. The van der Waals surface area contributed by atoms with E-state index in [4.69, 9.17) is 0 Å². The van der Waals surface area contributed by atoms with E-state index in [0.29, 0.717) is 5.13 Å². The molecule has 3 rings (SSSR count). The van der Waals surface area contributed by atoms with Crippen molar-refractivity contribution >= 4 is 28.3 Å². The topological polar surface area (TPSA) is 84.0 Å². The van der Waals surface area contributed by atoms with E-state index >= 15 is 0 Å². The quantitative estimate of drug-likeness (QED) is 0.780. The van der Waals surface area contributed by atoms with E-state index in [9.17, 15) is 9.59 Å². The summed E-state index contributed by atoms with van der Waals surface area (Å²) in [5.74, 6) is -0.144. The molecule has 2 atom stereocenters. The summed E-state index contributed by atoms with van der Waals surface area (Å²) in [6.07, 6.45) is 2.63. The minimum absolute atomic E-state index is 0.0249. The fourth-order valence-electron chi connectivity index (χ4n) is 2.59. The van der Waals surface area contributed by atoms with Gasteiger partial charge in [-0.25, -0.2) is 0 Å². The number of amides is 2. The minimum Gasteiger partial charge on any atom is -0.344 e. The van der Waals surface area contributed by atoms with Gasteiger partial charge in [0.2, 0.25) is 16.9 Å². The number of anilines is 1. The molecule has 7 heteroatoms. The van der Waals surface area contributed by atoms with Crippen LogP contribution in [0.15, 0.2) is 24.3 Å². The van der Waals surface area contributed by atoms with Crippen LogP contribution >= 0.6 is 11.3 Å². The lowest BCUT2D eigenvalue weighted by Gasteiger charge is -2.22. The van der Waals surface area contributed by atoms with Gasteiger partial charge in [-0.15, -0.1) is 10.2 Å². The molecule has 6 nitrogen and oxygen atoms in total. The smallest absolute Gasteiger partial charge is 0.249 e. The highest BCUT2D eigenvalue weighted by Gasteiger charge is 2.34. The zero-order chi connectivity index (χ0) is 18.7. The highest BCUT2D eigenvalue weighted by atomic mass is 32.1.